The van der Waals surface area contributed by atoms with Crippen molar-refractivity contribution in [2.45, 2.75) is 25.8 Å². The van der Waals surface area contributed by atoms with Gasteiger partial charge in [-0.2, -0.15) is 0 Å². The minimum absolute atomic E-state index is 0.194. The van der Waals surface area contributed by atoms with Gasteiger partial charge in [-0.1, -0.05) is 6.92 Å². The van der Waals surface area contributed by atoms with Gasteiger partial charge in [-0.15, -0.1) is 0 Å². The third kappa shape index (κ3) is 2.85. The lowest BCUT2D eigenvalue weighted by atomic mass is 9.94. The molecule has 5 nitrogen and oxygen atoms in total. The highest BCUT2D eigenvalue weighted by atomic mass is 19.1. The molecule has 0 amide bonds. The van der Waals surface area contributed by atoms with Crippen molar-refractivity contribution in [1.82, 2.24) is 4.90 Å². The van der Waals surface area contributed by atoms with Crippen LogP contribution in [0.2, 0.25) is 0 Å². The summed E-state index contributed by atoms with van der Waals surface area (Å²) < 4.78 is 14.0. The number of likely N-dealkylation sites (tertiary alicyclic amines) is 1. The van der Waals surface area contributed by atoms with Crippen molar-refractivity contribution in [2.75, 3.05) is 31.1 Å². The van der Waals surface area contributed by atoms with Gasteiger partial charge in [0.1, 0.15) is 0 Å². The van der Waals surface area contributed by atoms with Crippen molar-refractivity contribution in [2.24, 2.45) is 5.92 Å². The van der Waals surface area contributed by atoms with E-state index in [1.54, 1.807) is 0 Å². The van der Waals surface area contributed by atoms with Gasteiger partial charge < -0.3 is 4.90 Å². The molecule has 2 aliphatic rings. The molecule has 114 valence electrons. The highest BCUT2D eigenvalue weighted by Gasteiger charge is 2.32. The summed E-state index contributed by atoms with van der Waals surface area (Å²) in [6.45, 7) is 6.24. The fourth-order valence-electron chi connectivity index (χ4n) is 3.38. The van der Waals surface area contributed by atoms with Crippen LogP contribution in [-0.2, 0) is 0 Å². The van der Waals surface area contributed by atoms with Gasteiger partial charge in [0.2, 0.25) is 0 Å². The molecule has 1 aromatic carbocycles. The van der Waals surface area contributed by atoms with Crippen LogP contribution in [0.25, 0.3) is 0 Å². The maximum atomic E-state index is 14.0. The molecule has 0 spiro atoms. The van der Waals surface area contributed by atoms with Crippen LogP contribution < -0.4 is 4.90 Å². The molecule has 0 unspecified atom stereocenters. The fourth-order valence-corrected chi connectivity index (χ4v) is 3.38. The average Bonchev–Trinajstić information content (AvgIpc) is 2.44. The van der Waals surface area contributed by atoms with Crippen LogP contribution in [0.4, 0.5) is 15.8 Å². The topological polar surface area (TPSA) is 49.6 Å². The predicted octanol–water partition coefficient (Wildman–Crippen LogP) is 2.65. The fraction of sp³-hybridized carbons (Fsp3) is 0.600. The number of nitrogens with zero attached hydrogens (tertiary/aromatic N) is 3. The molecular formula is C15H20FN3O2. The van der Waals surface area contributed by atoms with E-state index < -0.39 is 10.7 Å². The second-order valence-corrected chi connectivity index (χ2v) is 6.17. The van der Waals surface area contributed by atoms with E-state index in [1.165, 1.54) is 25.2 Å². The Hall–Kier alpha value is -1.69. The summed E-state index contributed by atoms with van der Waals surface area (Å²) in [4.78, 5) is 14.6. The van der Waals surface area contributed by atoms with E-state index in [9.17, 15) is 14.5 Å². The summed E-state index contributed by atoms with van der Waals surface area (Å²) in [5.74, 6) is 0.301. The molecule has 6 heteroatoms. The summed E-state index contributed by atoms with van der Waals surface area (Å²) in [6, 6.07) is 4.53. The third-order valence-corrected chi connectivity index (χ3v) is 4.56. The molecule has 3 rings (SSSR count). The third-order valence-electron chi connectivity index (χ3n) is 4.56. The molecule has 21 heavy (non-hydrogen) atoms. The highest BCUT2D eigenvalue weighted by Crippen LogP contribution is 2.29. The Balaban J connectivity index is 1.63. The van der Waals surface area contributed by atoms with E-state index in [0.29, 0.717) is 11.7 Å². The summed E-state index contributed by atoms with van der Waals surface area (Å²) in [5, 5.41) is 10.6. The number of halogens is 1. The van der Waals surface area contributed by atoms with Crippen molar-refractivity contribution in [3.05, 3.63) is 34.1 Å². The van der Waals surface area contributed by atoms with E-state index in [-0.39, 0.29) is 5.69 Å². The normalized spacial score (nSPS) is 21.3. The zero-order valence-corrected chi connectivity index (χ0v) is 12.2. The van der Waals surface area contributed by atoms with Crippen LogP contribution in [0.3, 0.4) is 0 Å². The van der Waals surface area contributed by atoms with Gasteiger partial charge in [-0.25, -0.2) is 4.39 Å². The first-order valence-corrected chi connectivity index (χ1v) is 7.47. The summed E-state index contributed by atoms with van der Waals surface area (Å²) in [6.07, 6.45) is 2.06. The monoisotopic (exact) mass is 293 g/mol. The largest absolute Gasteiger partial charge is 0.369 e. The lowest BCUT2D eigenvalue weighted by molar-refractivity contribution is -0.385. The van der Waals surface area contributed by atoms with E-state index in [4.69, 9.17) is 0 Å². The van der Waals surface area contributed by atoms with Crippen LogP contribution in [0.15, 0.2) is 18.2 Å². The number of nitro benzene ring substituents is 1. The molecule has 0 atom stereocenters. The molecule has 0 radical (unpaired) electrons. The van der Waals surface area contributed by atoms with Crippen LogP contribution in [0.1, 0.15) is 19.8 Å². The molecule has 2 saturated heterocycles. The second-order valence-electron chi connectivity index (χ2n) is 6.17. The number of anilines is 1. The van der Waals surface area contributed by atoms with Gasteiger partial charge in [0.05, 0.1) is 16.7 Å². The van der Waals surface area contributed by atoms with Gasteiger partial charge >= 0.3 is 0 Å². The number of nitro groups is 1. The van der Waals surface area contributed by atoms with Gasteiger partial charge in [0.25, 0.3) is 5.69 Å². The molecule has 1 aromatic rings. The molecule has 0 aromatic heterocycles. The van der Waals surface area contributed by atoms with E-state index >= 15 is 0 Å². The molecule has 2 heterocycles. The SMILES string of the molecule is CC1CN(C2CCN(c3ccc([N+](=O)[O-])cc3F)CC2)C1. The standard InChI is InChI=1S/C15H20FN3O2/c1-11-9-18(10-11)12-4-6-17(7-5-12)15-3-2-13(19(20)21)8-14(15)16/h2-3,8,11-12H,4-7,9-10H2,1H3. The summed E-state index contributed by atoms with van der Waals surface area (Å²) in [5.41, 5.74) is 0.289. The van der Waals surface area contributed by atoms with E-state index in [2.05, 4.69) is 11.8 Å². The van der Waals surface area contributed by atoms with Crippen LogP contribution in [0.5, 0.6) is 0 Å². The minimum atomic E-state index is -0.565. The lowest BCUT2D eigenvalue weighted by Gasteiger charge is -2.46. The molecule has 0 bridgehead atoms. The van der Waals surface area contributed by atoms with Crippen molar-refractivity contribution >= 4 is 11.4 Å². The van der Waals surface area contributed by atoms with E-state index in [1.807, 2.05) is 4.90 Å². The zero-order chi connectivity index (χ0) is 15.0. The minimum Gasteiger partial charge on any atom is -0.369 e. The number of rotatable bonds is 3. The average molecular weight is 293 g/mol. The molecule has 0 aliphatic carbocycles. The molecule has 0 saturated carbocycles. The molecule has 2 fully saturated rings. The number of non-ortho nitro benzene ring substituents is 1. The summed E-state index contributed by atoms with van der Waals surface area (Å²) >= 11 is 0. The van der Waals surface area contributed by atoms with Crippen molar-refractivity contribution in [3.8, 4) is 0 Å². The Morgan fingerprint density at radius 1 is 1.29 bits per heavy atom. The lowest BCUT2D eigenvalue weighted by Crippen LogP contribution is -2.54. The van der Waals surface area contributed by atoms with Gasteiger partial charge in [-0.3, -0.25) is 15.0 Å². The zero-order valence-electron chi connectivity index (χ0n) is 12.2. The number of benzene rings is 1. The highest BCUT2D eigenvalue weighted by molar-refractivity contribution is 5.52. The second kappa shape index (κ2) is 5.60. The Bertz CT molecular complexity index is 538. The van der Waals surface area contributed by atoms with Crippen LogP contribution in [0, 0.1) is 21.8 Å². The summed E-state index contributed by atoms with van der Waals surface area (Å²) in [7, 11) is 0. The number of hydrogen-bond donors (Lipinski definition) is 0. The van der Waals surface area contributed by atoms with Crippen molar-refractivity contribution < 1.29 is 9.31 Å². The van der Waals surface area contributed by atoms with Crippen molar-refractivity contribution in [3.63, 3.8) is 0 Å². The quantitative estimate of drug-likeness (QED) is 0.635. The first kappa shape index (κ1) is 14.3. The smallest absolute Gasteiger partial charge is 0.272 e. The maximum Gasteiger partial charge on any atom is 0.272 e. The van der Waals surface area contributed by atoms with Crippen LogP contribution in [-0.4, -0.2) is 42.0 Å². The van der Waals surface area contributed by atoms with Gasteiger partial charge in [-0.05, 0) is 24.8 Å². The number of piperidine rings is 1. The number of hydrogen-bond acceptors (Lipinski definition) is 4. The van der Waals surface area contributed by atoms with Crippen molar-refractivity contribution in [1.29, 1.82) is 0 Å². The predicted molar refractivity (Wildman–Crippen MR) is 79.0 cm³/mol. The van der Waals surface area contributed by atoms with E-state index in [0.717, 1.165) is 37.9 Å². The Kier molecular flexibility index (Phi) is 3.80. The Morgan fingerprint density at radius 2 is 1.95 bits per heavy atom. The first-order valence-electron chi connectivity index (χ1n) is 7.47. The first-order chi connectivity index (χ1) is 10.0. The van der Waals surface area contributed by atoms with Crippen LogP contribution >= 0.6 is 0 Å². The maximum absolute atomic E-state index is 14.0. The Labute approximate surface area is 123 Å². The Morgan fingerprint density at radius 3 is 2.48 bits per heavy atom. The van der Waals surface area contributed by atoms with Gasteiger partial charge in [0, 0.05) is 38.3 Å². The molecular weight excluding hydrogens is 273 g/mol. The molecule has 2 aliphatic heterocycles. The van der Waals surface area contributed by atoms with Gasteiger partial charge in [0.15, 0.2) is 5.82 Å². The molecule has 0 N–H and O–H groups in total.